The van der Waals surface area contributed by atoms with Crippen molar-refractivity contribution in [3.63, 3.8) is 0 Å². The lowest BCUT2D eigenvalue weighted by atomic mass is 10.2. The van der Waals surface area contributed by atoms with Crippen molar-refractivity contribution in [1.29, 1.82) is 0 Å². The van der Waals surface area contributed by atoms with Gasteiger partial charge in [-0.05, 0) is 25.0 Å². The summed E-state index contributed by atoms with van der Waals surface area (Å²) in [6.45, 7) is 1.14. The molecule has 0 spiro atoms. The number of nitrogens with one attached hydrogen (secondary N) is 1. The molecular weight excluding hydrogens is 472 g/mol. The number of carbonyl (C=O) groups is 2. The maximum absolute atomic E-state index is 12.9. The number of amides is 2. The fourth-order valence-electron chi connectivity index (χ4n) is 3.56. The standard InChI is InChI=1S/C17H19ClN4O5S3/c1-27-17(24)21-8-6-10-12(9-21)28-16(19-10)20-15(23)11-3-2-7-22(11)30(25,26)14-5-4-13(18)29-14/h4-5,11H,2-3,6-9H2,1H3,(H,19,20,23). The van der Waals surface area contributed by atoms with E-state index in [1.807, 2.05) is 0 Å². The Kier molecular flexibility index (Phi) is 6.04. The van der Waals surface area contributed by atoms with Crippen molar-refractivity contribution in [3.8, 4) is 0 Å². The lowest BCUT2D eigenvalue weighted by molar-refractivity contribution is -0.119. The normalized spacial score (nSPS) is 19.5. The molecule has 4 heterocycles. The highest BCUT2D eigenvalue weighted by molar-refractivity contribution is 7.91. The SMILES string of the molecule is COC(=O)N1CCc2nc(NC(=O)C3CCCN3S(=O)(=O)c3ccc(Cl)s3)sc2C1. The number of rotatable bonds is 4. The van der Waals surface area contributed by atoms with Crippen molar-refractivity contribution in [1.82, 2.24) is 14.2 Å². The lowest BCUT2D eigenvalue weighted by Crippen LogP contribution is -2.42. The Morgan fingerprint density at radius 2 is 2.10 bits per heavy atom. The molecule has 0 aromatic carbocycles. The van der Waals surface area contributed by atoms with E-state index < -0.39 is 28.1 Å². The summed E-state index contributed by atoms with van der Waals surface area (Å²) in [4.78, 5) is 31.5. The van der Waals surface area contributed by atoms with Gasteiger partial charge < -0.3 is 15.0 Å². The number of nitrogens with zero attached hydrogens (tertiary/aromatic N) is 3. The number of halogens is 1. The molecule has 30 heavy (non-hydrogen) atoms. The third kappa shape index (κ3) is 4.06. The van der Waals surface area contributed by atoms with Gasteiger partial charge in [-0.15, -0.1) is 11.3 Å². The van der Waals surface area contributed by atoms with Gasteiger partial charge in [0.1, 0.15) is 10.3 Å². The molecule has 4 rings (SSSR count). The number of thiazole rings is 1. The minimum Gasteiger partial charge on any atom is -0.453 e. The first kappa shape index (κ1) is 21.5. The van der Waals surface area contributed by atoms with Gasteiger partial charge >= 0.3 is 6.09 Å². The van der Waals surface area contributed by atoms with Gasteiger partial charge in [0.15, 0.2) is 5.13 Å². The van der Waals surface area contributed by atoms with Gasteiger partial charge in [0.05, 0.1) is 23.7 Å². The van der Waals surface area contributed by atoms with Crippen molar-refractivity contribution < 1.29 is 22.7 Å². The van der Waals surface area contributed by atoms with Crippen LogP contribution in [0.1, 0.15) is 23.4 Å². The van der Waals surface area contributed by atoms with Crippen molar-refractivity contribution in [2.45, 2.75) is 36.1 Å². The van der Waals surface area contributed by atoms with Gasteiger partial charge in [-0.2, -0.15) is 4.31 Å². The molecule has 0 saturated carbocycles. The van der Waals surface area contributed by atoms with Gasteiger partial charge in [-0.3, -0.25) is 4.79 Å². The van der Waals surface area contributed by atoms with Crippen LogP contribution in [0.5, 0.6) is 0 Å². The van der Waals surface area contributed by atoms with E-state index in [0.29, 0.717) is 41.8 Å². The second-order valence-electron chi connectivity index (χ2n) is 6.85. The van der Waals surface area contributed by atoms with Crippen molar-refractivity contribution in [2.24, 2.45) is 0 Å². The molecule has 2 aromatic heterocycles. The Labute approximate surface area is 186 Å². The van der Waals surface area contributed by atoms with Gasteiger partial charge in [-0.25, -0.2) is 18.2 Å². The van der Waals surface area contributed by atoms with E-state index in [9.17, 15) is 18.0 Å². The first-order valence-corrected chi connectivity index (χ1v) is 12.6. The van der Waals surface area contributed by atoms with Crippen molar-refractivity contribution in [2.75, 3.05) is 25.5 Å². The summed E-state index contributed by atoms with van der Waals surface area (Å²) in [6, 6.07) is 2.18. The highest BCUT2D eigenvalue weighted by atomic mass is 35.5. The molecule has 162 valence electrons. The predicted octanol–water partition coefficient (Wildman–Crippen LogP) is 2.77. The monoisotopic (exact) mass is 490 g/mol. The average molecular weight is 491 g/mol. The Bertz CT molecular complexity index is 1080. The summed E-state index contributed by atoms with van der Waals surface area (Å²) >= 11 is 8.15. The minimum absolute atomic E-state index is 0.125. The number of ether oxygens (including phenoxy) is 1. The van der Waals surface area contributed by atoms with E-state index in [2.05, 4.69) is 10.3 Å². The highest BCUT2D eigenvalue weighted by Crippen LogP contribution is 2.33. The fraction of sp³-hybridized carbons (Fsp3) is 0.471. The number of fused-ring (bicyclic) bond motifs is 1. The second-order valence-corrected chi connectivity index (χ2v) is 11.8. The quantitative estimate of drug-likeness (QED) is 0.705. The summed E-state index contributed by atoms with van der Waals surface area (Å²) in [5.41, 5.74) is 0.833. The topological polar surface area (TPSA) is 109 Å². The van der Waals surface area contributed by atoms with Gasteiger partial charge in [0.25, 0.3) is 10.0 Å². The van der Waals surface area contributed by atoms with E-state index in [1.165, 1.54) is 34.9 Å². The first-order valence-electron chi connectivity index (χ1n) is 9.19. The zero-order chi connectivity index (χ0) is 21.5. The molecule has 1 saturated heterocycles. The number of aromatic nitrogens is 1. The van der Waals surface area contributed by atoms with Crippen LogP contribution in [0.3, 0.4) is 0 Å². The molecule has 0 radical (unpaired) electrons. The molecular formula is C17H19ClN4O5S3. The van der Waals surface area contributed by atoms with Crippen molar-refractivity contribution in [3.05, 3.63) is 27.0 Å². The third-order valence-corrected chi connectivity index (χ3v) is 9.62. The molecule has 0 aliphatic carbocycles. The minimum atomic E-state index is -3.79. The molecule has 1 N–H and O–H groups in total. The molecule has 9 nitrogen and oxygen atoms in total. The Morgan fingerprint density at radius 3 is 2.80 bits per heavy atom. The maximum atomic E-state index is 12.9. The smallest absolute Gasteiger partial charge is 0.409 e. The molecule has 1 atom stereocenters. The van der Waals surface area contributed by atoms with Gasteiger partial charge in [0.2, 0.25) is 5.91 Å². The number of anilines is 1. The molecule has 13 heteroatoms. The fourth-order valence-corrected chi connectivity index (χ4v) is 7.86. The molecule has 0 bridgehead atoms. The largest absolute Gasteiger partial charge is 0.453 e. The number of methoxy groups -OCH3 is 1. The third-order valence-electron chi connectivity index (χ3n) is 5.01. The van der Waals surface area contributed by atoms with E-state index in [1.54, 1.807) is 4.90 Å². The number of carbonyl (C=O) groups excluding carboxylic acids is 2. The van der Waals surface area contributed by atoms with Crippen LogP contribution in [0.2, 0.25) is 4.34 Å². The number of hydrogen-bond donors (Lipinski definition) is 1. The maximum Gasteiger partial charge on any atom is 0.409 e. The Balaban J connectivity index is 1.48. The first-order chi connectivity index (χ1) is 14.3. The summed E-state index contributed by atoms with van der Waals surface area (Å²) in [5, 5.41) is 3.17. The summed E-state index contributed by atoms with van der Waals surface area (Å²) in [7, 11) is -2.46. The van der Waals surface area contributed by atoms with Crippen LogP contribution in [0.15, 0.2) is 16.3 Å². The van der Waals surface area contributed by atoms with E-state index in [4.69, 9.17) is 16.3 Å². The summed E-state index contributed by atoms with van der Waals surface area (Å²) < 4.78 is 32.4. The highest BCUT2D eigenvalue weighted by Gasteiger charge is 2.40. The van der Waals surface area contributed by atoms with Crippen LogP contribution < -0.4 is 5.32 Å². The number of hydrogen-bond acceptors (Lipinski definition) is 8. The molecule has 1 unspecified atom stereocenters. The average Bonchev–Trinajstić information content (AvgIpc) is 3.45. The van der Waals surface area contributed by atoms with Crippen LogP contribution in [-0.4, -0.2) is 60.8 Å². The lowest BCUT2D eigenvalue weighted by Gasteiger charge is -2.24. The summed E-state index contributed by atoms with van der Waals surface area (Å²) in [6.07, 6.45) is 1.20. The van der Waals surface area contributed by atoms with E-state index >= 15 is 0 Å². The van der Waals surface area contributed by atoms with Crippen LogP contribution in [0.25, 0.3) is 0 Å². The number of thiophene rings is 1. The van der Waals surface area contributed by atoms with Crippen LogP contribution in [-0.2, 0) is 32.5 Å². The molecule has 1 fully saturated rings. The molecule has 2 aromatic rings. The zero-order valence-corrected chi connectivity index (χ0v) is 19.2. The number of sulfonamides is 1. The second kappa shape index (κ2) is 8.42. The van der Waals surface area contributed by atoms with Gasteiger partial charge in [-0.1, -0.05) is 22.9 Å². The van der Waals surface area contributed by atoms with E-state index in [-0.39, 0.29) is 10.8 Å². The summed E-state index contributed by atoms with van der Waals surface area (Å²) in [5.74, 6) is -0.408. The Morgan fingerprint density at radius 1 is 1.30 bits per heavy atom. The van der Waals surface area contributed by atoms with Gasteiger partial charge in [0, 0.05) is 24.4 Å². The Hall–Kier alpha value is -1.73. The van der Waals surface area contributed by atoms with E-state index in [0.717, 1.165) is 21.9 Å². The molecule has 2 amide bonds. The van der Waals surface area contributed by atoms with Crippen LogP contribution in [0.4, 0.5) is 9.93 Å². The molecule has 2 aliphatic heterocycles. The predicted molar refractivity (Wildman–Crippen MR) is 114 cm³/mol. The van der Waals surface area contributed by atoms with Crippen molar-refractivity contribution >= 4 is 61.4 Å². The van der Waals surface area contributed by atoms with Crippen LogP contribution in [0, 0.1) is 0 Å². The molecule has 2 aliphatic rings. The zero-order valence-electron chi connectivity index (χ0n) is 16.0. The van der Waals surface area contributed by atoms with Crippen LogP contribution >= 0.6 is 34.3 Å².